The third kappa shape index (κ3) is 4.04. The fourth-order valence-corrected chi connectivity index (χ4v) is 6.41. The van der Waals surface area contributed by atoms with Gasteiger partial charge in [0.25, 0.3) is 0 Å². The van der Waals surface area contributed by atoms with Gasteiger partial charge in [0.05, 0.1) is 22.5 Å². The lowest BCUT2D eigenvalue weighted by Crippen LogP contribution is -2.46. The van der Waals surface area contributed by atoms with Gasteiger partial charge in [0.15, 0.2) is 0 Å². The number of piperidine rings is 1. The lowest BCUT2D eigenvalue weighted by molar-refractivity contribution is -0.126. The van der Waals surface area contributed by atoms with E-state index >= 15 is 0 Å². The lowest BCUT2D eigenvalue weighted by atomic mass is 9.92. The maximum absolute atomic E-state index is 12.8. The molecule has 3 aromatic heterocycles. The van der Waals surface area contributed by atoms with Crippen molar-refractivity contribution in [3.63, 3.8) is 0 Å². The highest BCUT2D eigenvalue weighted by atomic mass is 32.1. The number of hydrogen-bond donors (Lipinski definition) is 0. The number of rotatable bonds is 4. The summed E-state index contributed by atoms with van der Waals surface area (Å²) >= 11 is 2.80. The van der Waals surface area contributed by atoms with Crippen molar-refractivity contribution in [3.05, 3.63) is 33.4 Å². The summed E-state index contributed by atoms with van der Waals surface area (Å²) in [5.41, 5.74) is 1.15. The maximum Gasteiger partial charge on any atom is 0.393 e. The summed E-state index contributed by atoms with van der Waals surface area (Å²) in [5.74, 6) is 1.31. The summed E-state index contributed by atoms with van der Waals surface area (Å²) in [5, 5.41) is 3.99. The van der Waals surface area contributed by atoms with E-state index < -0.39 is 12.6 Å². The van der Waals surface area contributed by atoms with E-state index in [1.54, 1.807) is 17.4 Å². The van der Waals surface area contributed by atoms with E-state index in [2.05, 4.69) is 30.1 Å². The molecule has 0 bridgehead atoms. The number of aryl methyl sites for hydroxylation is 1. The number of hydrogen-bond acceptors (Lipinski definition) is 7. The van der Waals surface area contributed by atoms with Crippen LogP contribution in [0, 0.1) is 12.8 Å². The molecule has 0 spiro atoms. The van der Waals surface area contributed by atoms with Crippen LogP contribution in [-0.2, 0) is 13.0 Å². The van der Waals surface area contributed by atoms with Gasteiger partial charge in [-0.15, -0.1) is 22.7 Å². The molecule has 0 amide bonds. The molecule has 2 atom stereocenters. The van der Waals surface area contributed by atoms with Crippen molar-refractivity contribution in [2.45, 2.75) is 44.9 Å². The Hall–Kier alpha value is -1.78. The Balaban J connectivity index is 1.32. The van der Waals surface area contributed by atoms with Gasteiger partial charge in [-0.25, -0.2) is 15.0 Å². The normalized spacial score (nSPS) is 22.7. The fraction of sp³-hybridized carbons (Fsp3) is 0.550. The number of anilines is 1. The molecule has 5 nitrogen and oxygen atoms in total. The molecule has 2 fully saturated rings. The van der Waals surface area contributed by atoms with Crippen LogP contribution in [-0.4, -0.2) is 51.7 Å². The first-order valence-corrected chi connectivity index (χ1v) is 11.8. The molecule has 10 heteroatoms. The fourth-order valence-electron chi connectivity index (χ4n) is 4.79. The predicted octanol–water partition coefficient (Wildman–Crippen LogP) is 4.66. The van der Waals surface area contributed by atoms with Crippen LogP contribution in [0.15, 0.2) is 17.8 Å². The van der Waals surface area contributed by atoms with Crippen molar-refractivity contribution >= 4 is 38.7 Å². The first-order chi connectivity index (χ1) is 14.4. The second-order valence-corrected chi connectivity index (χ2v) is 10.3. The molecule has 0 aliphatic carbocycles. The van der Waals surface area contributed by atoms with Gasteiger partial charge >= 0.3 is 6.18 Å². The topological polar surface area (TPSA) is 45.2 Å². The smallest absolute Gasteiger partial charge is 0.356 e. The van der Waals surface area contributed by atoms with Gasteiger partial charge in [-0.1, -0.05) is 0 Å². The van der Waals surface area contributed by atoms with Crippen molar-refractivity contribution in [3.8, 4) is 0 Å². The highest BCUT2D eigenvalue weighted by molar-refractivity contribution is 7.18. The van der Waals surface area contributed by atoms with Crippen molar-refractivity contribution in [1.29, 1.82) is 0 Å². The molecule has 0 unspecified atom stereocenters. The van der Waals surface area contributed by atoms with Crippen LogP contribution in [0.2, 0.25) is 0 Å². The summed E-state index contributed by atoms with van der Waals surface area (Å²) in [6.45, 7) is 5.73. The van der Waals surface area contributed by atoms with Crippen LogP contribution in [0.25, 0.3) is 10.2 Å². The van der Waals surface area contributed by atoms with E-state index in [0.717, 1.165) is 72.3 Å². The molecule has 2 saturated heterocycles. The number of fused-ring (bicyclic) bond motifs is 2. The maximum atomic E-state index is 12.8. The molecule has 5 rings (SSSR count). The van der Waals surface area contributed by atoms with Crippen molar-refractivity contribution in [1.82, 2.24) is 19.9 Å². The van der Waals surface area contributed by atoms with E-state index in [9.17, 15) is 13.2 Å². The van der Waals surface area contributed by atoms with Crippen LogP contribution in [0.3, 0.4) is 0 Å². The molecule has 30 heavy (non-hydrogen) atoms. The molecule has 0 saturated carbocycles. The summed E-state index contributed by atoms with van der Waals surface area (Å²) < 4.78 is 38.5. The lowest BCUT2D eigenvalue weighted by Gasteiger charge is -2.38. The number of thiophene rings is 1. The van der Waals surface area contributed by atoms with Gasteiger partial charge < -0.3 is 4.90 Å². The SMILES string of the molecule is Cc1nc(CN2CC[C@@H]3CN(c4ncnc5sc(CC(F)(F)F)cc45)CC[C@@H]32)cs1. The Labute approximate surface area is 180 Å². The van der Waals surface area contributed by atoms with Gasteiger partial charge in [-0.2, -0.15) is 13.2 Å². The van der Waals surface area contributed by atoms with E-state index in [1.807, 2.05) is 6.92 Å². The van der Waals surface area contributed by atoms with Crippen molar-refractivity contribution in [2.24, 2.45) is 5.92 Å². The molecular weight excluding hydrogens is 431 g/mol. The first-order valence-electron chi connectivity index (χ1n) is 10.1. The number of alkyl halides is 3. The van der Waals surface area contributed by atoms with Gasteiger partial charge in [-0.3, -0.25) is 4.90 Å². The number of likely N-dealkylation sites (tertiary alicyclic amines) is 1. The van der Waals surface area contributed by atoms with E-state index in [1.165, 1.54) is 6.33 Å². The Morgan fingerprint density at radius 3 is 2.83 bits per heavy atom. The third-order valence-electron chi connectivity index (χ3n) is 6.02. The van der Waals surface area contributed by atoms with Crippen LogP contribution in [0.5, 0.6) is 0 Å². The molecule has 3 aromatic rings. The molecule has 0 radical (unpaired) electrons. The molecular formula is C20H22F3N5S2. The monoisotopic (exact) mass is 453 g/mol. The van der Waals surface area contributed by atoms with Crippen LogP contribution in [0.1, 0.15) is 28.4 Å². The Kier molecular flexibility index (Phi) is 5.19. The van der Waals surface area contributed by atoms with Gasteiger partial charge in [0.1, 0.15) is 17.0 Å². The van der Waals surface area contributed by atoms with Gasteiger partial charge in [0, 0.05) is 35.9 Å². The van der Waals surface area contributed by atoms with E-state index in [4.69, 9.17) is 0 Å². The summed E-state index contributed by atoms with van der Waals surface area (Å²) in [6, 6.07) is 2.16. The highest BCUT2D eigenvalue weighted by Crippen LogP contribution is 2.38. The highest BCUT2D eigenvalue weighted by Gasteiger charge is 2.39. The second-order valence-electron chi connectivity index (χ2n) is 8.10. The Morgan fingerprint density at radius 2 is 2.07 bits per heavy atom. The number of halogens is 3. The van der Waals surface area contributed by atoms with Gasteiger partial charge in [-0.05, 0) is 38.3 Å². The van der Waals surface area contributed by atoms with E-state index in [0.29, 0.717) is 21.7 Å². The third-order valence-corrected chi connectivity index (χ3v) is 7.88. The summed E-state index contributed by atoms with van der Waals surface area (Å²) in [6.07, 6.45) is -1.50. The van der Waals surface area contributed by atoms with Crippen LogP contribution >= 0.6 is 22.7 Å². The molecule has 0 N–H and O–H groups in total. The van der Waals surface area contributed by atoms with Crippen molar-refractivity contribution in [2.75, 3.05) is 24.5 Å². The number of thiazole rings is 1. The first kappa shape index (κ1) is 20.1. The summed E-state index contributed by atoms with van der Waals surface area (Å²) in [7, 11) is 0. The minimum atomic E-state index is -4.21. The molecule has 0 aromatic carbocycles. The van der Waals surface area contributed by atoms with Crippen LogP contribution in [0.4, 0.5) is 19.0 Å². The largest absolute Gasteiger partial charge is 0.393 e. The minimum absolute atomic E-state index is 0.291. The molecule has 160 valence electrons. The number of aromatic nitrogens is 3. The molecule has 2 aliphatic rings. The average Bonchev–Trinajstić information content (AvgIpc) is 3.38. The zero-order valence-corrected chi connectivity index (χ0v) is 18.2. The quantitative estimate of drug-likeness (QED) is 0.575. The zero-order valence-electron chi connectivity index (χ0n) is 16.5. The summed E-state index contributed by atoms with van der Waals surface area (Å²) in [4.78, 5) is 19.0. The van der Waals surface area contributed by atoms with Crippen LogP contribution < -0.4 is 4.90 Å². The number of nitrogens with zero attached hydrogens (tertiary/aromatic N) is 5. The minimum Gasteiger partial charge on any atom is -0.356 e. The predicted molar refractivity (Wildman–Crippen MR) is 113 cm³/mol. The van der Waals surface area contributed by atoms with Gasteiger partial charge in [0.2, 0.25) is 0 Å². The second kappa shape index (κ2) is 7.72. The van der Waals surface area contributed by atoms with E-state index in [-0.39, 0.29) is 0 Å². The zero-order chi connectivity index (χ0) is 20.9. The van der Waals surface area contributed by atoms with Crippen molar-refractivity contribution < 1.29 is 13.2 Å². The average molecular weight is 454 g/mol. The molecule has 5 heterocycles. The molecule has 2 aliphatic heterocycles. The Morgan fingerprint density at radius 1 is 1.20 bits per heavy atom. The standard InChI is InChI=1S/C20H22F3N5S2/c1-12-26-14(10-29-12)9-27-4-2-13-8-28(5-3-17(13)27)18-16-6-15(7-20(21,22)23)30-19(16)25-11-24-18/h6,10-11,13,17H,2-5,7-9H2,1H3/t13-,17+/m1/s1. The Bertz CT molecular complexity index is 1050.